The quantitative estimate of drug-likeness (QED) is 0.924. The van der Waals surface area contributed by atoms with Crippen molar-refractivity contribution in [3.63, 3.8) is 0 Å². The van der Waals surface area contributed by atoms with Gasteiger partial charge in [0.1, 0.15) is 0 Å². The van der Waals surface area contributed by atoms with Crippen LogP contribution in [-0.4, -0.2) is 53.8 Å². The topological polar surface area (TPSA) is 39.6 Å². The second-order valence-electron chi connectivity index (χ2n) is 6.07. The first-order valence-electron chi connectivity index (χ1n) is 7.88. The number of aliphatic hydroxyl groups is 1. The predicted octanol–water partition coefficient (Wildman–Crippen LogP) is 2.21. The van der Waals surface area contributed by atoms with Crippen molar-refractivity contribution in [1.29, 1.82) is 0 Å². The van der Waals surface area contributed by atoms with Gasteiger partial charge in [-0.25, -0.2) is 4.98 Å². The lowest BCUT2D eigenvalue weighted by Gasteiger charge is -2.37. The van der Waals surface area contributed by atoms with Crippen LogP contribution in [0.5, 0.6) is 0 Å². The summed E-state index contributed by atoms with van der Waals surface area (Å²) in [6.45, 7) is 5.01. The fourth-order valence-electron chi connectivity index (χ4n) is 3.43. The van der Waals surface area contributed by atoms with Crippen molar-refractivity contribution in [3.05, 3.63) is 11.6 Å². The van der Waals surface area contributed by atoms with Crippen molar-refractivity contribution in [3.8, 4) is 0 Å². The molecule has 1 atom stereocenters. The van der Waals surface area contributed by atoms with E-state index in [9.17, 15) is 5.11 Å². The predicted molar refractivity (Wildman–Crippen MR) is 83.3 cm³/mol. The van der Waals surface area contributed by atoms with Crippen LogP contribution in [0.4, 0.5) is 5.13 Å². The molecule has 0 aromatic carbocycles. The Labute approximate surface area is 125 Å². The van der Waals surface area contributed by atoms with Crippen LogP contribution in [0.15, 0.2) is 11.6 Å². The summed E-state index contributed by atoms with van der Waals surface area (Å²) in [5.74, 6) is 0.542. The molecule has 0 radical (unpaired) electrons. The van der Waals surface area contributed by atoms with E-state index < -0.39 is 0 Å². The average molecular weight is 295 g/mol. The molecule has 1 N–H and O–H groups in total. The Morgan fingerprint density at radius 3 is 2.60 bits per heavy atom. The normalized spacial score (nSPS) is 23.9. The summed E-state index contributed by atoms with van der Waals surface area (Å²) < 4.78 is 0. The summed E-state index contributed by atoms with van der Waals surface area (Å²) in [5.41, 5.74) is 0. The van der Waals surface area contributed by atoms with Gasteiger partial charge in [-0.2, -0.15) is 0 Å². The second-order valence-corrected chi connectivity index (χ2v) is 6.94. The van der Waals surface area contributed by atoms with Crippen LogP contribution in [0.1, 0.15) is 32.1 Å². The Hall–Kier alpha value is -0.650. The van der Waals surface area contributed by atoms with Crippen LogP contribution in [-0.2, 0) is 0 Å². The Bertz CT molecular complexity index is 384. The first-order valence-corrected chi connectivity index (χ1v) is 8.76. The number of aliphatic hydroxyl groups excluding tert-OH is 1. The van der Waals surface area contributed by atoms with E-state index >= 15 is 0 Å². The molecule has 1 aliphatic carbocycles. The van der Waals surface area contributed by atoms with Gasteiger partial charge < -0.3 is 10.0 Å². The summed E-state index contributed by atoms with van der Waals surface area (Å²) in [5, 5.41) is 13.6. The molecule has 20 heavy (non-hydrogen) atoms. The third kappa shape index (κ3) is 3.51. The number of hydrogen-bond donors (Lipinski definition) is 1. The molecule has 2 heterocycles. The van der Waals surface area contributed by atoms with Gasteiger partial charge in [0.15, 0.2) is 5.13 Å². The summed E-state index contributed by atoms with van der Waals surface area (Å²) in [6, 6.07) is 0. The van der Waals surface area contributed by atoms with Gasteiger partial charge in [-0.1, -0.05) is 19.3 Å². The Balaban J connectivity index is 1.44. The van der Waals surface area contributed by atoms with Crippen LogP contribution in [0, 0.1) is 5.92 Å². The number of hydrogen-bond acceptors (Lipinski definition) is 5. The third-order valence-electron chi connectivity index (χ3n) is 4.70. The van der Waals surface area contributed by atoms with Gasteiger partial charge in [-0.05, 0) is 18.8 Å². The maximum atomic E-state index is 10.4. The minimum Gasteiger partial charge on any atom is -0.392 e. The standard InChI is InChI=1S/C15H25N3OS/c19-14(13-4-2-1-3-5-13)12-17-7-9-18(10-8-17)15-16-6-11-20-15/h6,11,13-14,19H,1-5,7-10,12H2. The fraction of sp³-hybridized carbons (Fsp3) is 0.800. The monoisotopic (exact) mass is 295 g/mol. The molecule has 0 bridgehead atoms. The lowest BCUT2D eigenvalue weighted by molar-refractivity contribution is 0.0459. The highest BCUT2D eigenvalue weighted by atomic mass is 32.1. The van der Waals surface area contributed by atoms with Crippen LogP contribution < -0.4 is 4.90 Å². The Morgan fingerprint density at radius 2 is 1.95 bits per heavy atom. The van der Waals surface area contributed by atoms with Gasteiger partial charge in [0.25, 0.3) is 0 Å². The Morgan fingerprint density at radius 1 is 1.20 bits per heavy atom. The highest BCUT2D eigenvalue weighted by Gasteiger charge is 2.26. The number of aromatic nitrogens is 1. The van der Waals surface area contributed by atoms with E-state index in [0.717, 1.165) is 37.9 Å². The molecular formula is C15H25N3OS. The molecule has 1 saturated carbocycles. The number of nitrogens with zero attached hydrogens (tertiary/aromatic N) is 3. The Kier molecular flexibility index (Phi) is 4.91. The van der Waals surface area contributed by atoms with E-state index in [1.807, 2.05) is 11.6 Å². The third-order valence-corrected chi connectivity index (χ3v) is 5.53. The van der Waals surface area contributed by atoms with Crippen molar-refractivity contribution in [1.82, 2.24) is 9.88 Å². The summed E-state index contributed by atoms with van der Waals surface area (Å²) in [6.07, 6.45) is 8.16. The lowest BCUT2D eigenvalue weighted by Crippen LogP contribution is -2.49. The summed E-state index contributed by atoms with van der Waals surface area (Å²) in [7, 11) is 0. The molecule has 1 aromatic heterocycles. The average Bonchev–Trinajstić information content (AvgIpc) is 3.03. The molecule has 3 rings (SSSR count). The van der Waals surface area contributed by atoms with Crippen LogP contribution in [0.2, 0.25) is 0 Å². The van der Waals surface area contributed by atoms with Crippen LogP contribution in [0.3, 0.4) is 0 Å². The molecule has 2 fully saturated rings. The maximum Gasteiger partial charge on any atom is 0.185 e. The van der Waals surface area contributed by atoms with Gasteiger partial charge in [0.05, 0.1) is 6.10 Å². The SMILES string of the molecule is OC(CN1CCN(c2nccs2)CC1)C1CCCCC1. The lowest BCUT2D eigenvalue weighted by atomic mass is 9.85. The first kappa shape index (κ1) is 14.3. The van der Waals surface area contributed by atoms with E-state index in [1.54, 1.807) is 11.3 Å². The van der Waals surface area contributed by atoms with Crippen molar-refractivity contribution in [2.24, 2.45) is 5.92 Å². The van der Waals surface area contributed by atoms with E-state index in [4.69, 9.17) is 0 Å². The van der Waals surface area contributed by atoms with Gasteiger partial charge >= 0.3 is 0 Å². The molecule has 5 heteroatoms. The van der Waals surface area contributed by atoms with E-state index in [0.29, 0.717) is 5.92 Å². The van der Waals surface area contributed by atoms with Gasteiger partial charge in [-0.3, -0.25) is 4.90 Å². The molecule has 1 unspecified atom stereocenters. The maximum absolute atomic E-state index is 10.4. The van der Waals surface area contributed by atoms with Crippen molar-refractivity contribution in [2.75, 3.05) is 37.6 Å². The summed E-state index contributed by atoms with van der Waals surface area (Å²) >= 11 is 1.71. The van der Waals surface area contributed by atoms with Crippen molar-refractivity contribution >= 4 is 16.5 Å². The van der Waals surface area contributed by atoms with E-state index in [2.05, 4.69) is 14.8 Å². The number of rotatable bonds is 4. The molecule has 2 aliphatic rings. The molecule has 112 valence electrons. The molecule has 1 aliphatic heterocycles. The minimum atomic E-state index is -0.123. The molecule has 1 saturated heterocycles. The highest BCUT2D eigenvalue weighted by molar-refractivity contribution is 7.13. The summed E-state index contributed by atoms with van der Waals surface area (Å²) in [4.78, 5) is 9.15. The second kappa shape index (κ2) is 6.87. The number of thiazole rings is 1. The smallest absolute Gasteiger partial charge is 0.185 e. The molecule has 4 nitrogen and oxygen atoms in total. The fourth-order valence-corrected chi connectivity index (χ4v) is 4.12. The minimum absolute atomic E-state index is 0.123. The molecular weight excluding hydrogens is 270 g/mol. The number of piperazine rings is 1. The van der Waals surface area contributed by atoms with Crippen molar-refractivity contribution in [2.45, 2.75) is 38.2 Å². The van der Waals surface area contributed by atoms with Gasteiger partial charge in [0, 0.05) is 44.3 Å². The molecule has 0 amide bonds. The molecule has 0 spiro atoms. The molecule has 1 aromatic rings. The van der Waals surface area contributed by atoms with Crippen LogP contribution >= 0.6 is 11.3 Å². The zero-order valence-corrected chi connectivity index (χ0v) is 12.9. The largest absolute Gasteiger partial charge is 0.392 e. The zero-order valence-electron chi connectivity index (χ0n) is 12.1. The van der Waals surface area contributed by atoms with Gasteiger partial charge in [-0.15, -0.1) is 11.3 Å². The van der Waals surface area contributed by atoms with Gasteiger partial charge in [0.2, 0.25) is 0 Å². The van der Waals surface area contributed by atoms with E-state index in [1.165, 1.54) is 32.1 Å². The number of anilines is 1. The number of β-amino-alcohol motifs (C(OH)–C–C–N with tert-alkyl or cyclic N) is 1. The highest BCUT2D eigenvalue weighted by Crippen LogP contribution is 2.27. The van der Waals surface area contributed by atoms with Crippen LogP contribution in [0.25, 0.3) is 0 Å². The van der Waals surface area contributed by atoms with E-state index in [-0.39, 0.29) is 6.10 Å². The van der Waals surface area contributed by atoms with Crippen molar-refractivity contribution < 1.29 is 5.11 Å². The zero-order chi connectivity index (χ0) is 13.8. The first-order chi connectivity index (χ1) is 9.83.